The zero-order valence-electron chi connectivity index (χ0n) is 13.5. The highest BCUT2D eigenvalue weighted by Gasteiger charge is 2.25. The summed E-state index contributed by atoms with van der Waals surface area (Å²) in [6, 6.07) is 7.56. The maximum atomic E-state index is 11.7. The monoisotopic (exact) mass is 302 g/mol. The summed E-state index contributed by atoms with van der Waals surface area (Å²) >= 11 is 0. The number of rotatable bonds is 5. The Kier molecular flexibility index (Phi) is 5.58. The Morgan fingerprint density at radius 1 is 1.14 bits per heavy atom. The fourth-order valence-electron chi connectivity index (χ4n) is 3.18. The normalized spacial score (nSPS) is 21.4. The van der Waals surface area contributed by atoms with Crippen LogP contribution in [-0.2, 0) is 6.42 Å². The number of hydrogen-bond donors (Lipinski definition) is 1. The minimum absolute atomic E-state index is 0.0710. The van der Waals surface area contributed by atoms with E-state index < -0.39 is 0 Å². The van der Waals surface area contributed by atoms with Gasteiger partial charge in [-0.15, -0.1) is 0 Å². The van der Waals surface area contributed by atoms with Gasteiger partial charge >= 0.3 is 6.03 Å². The number of nitrogens with zero attached hydrogens (tertiary/aromatic N) is 1. The third kappa shape index (κ3) is 4.33. The van der Waals surface area contributed by atoms with Crippen molar-refractivity contribution in [3.8, 4) is 0 Å². The van der Waals surface area contributed by atoms with Gasteiger partial charge in [0.1, 0.15) is 0 Å². The van der Waals surface area contributed by atoms with Gasteiger partial charge in [0.05, 0.1) is 0 Å². The molecule has 0 spiro atoms. The Hall–Kier alpha value is -1.84. The number of hydrogen-bond acceptors (Lipinski definition) is 2. The van der Waals surface area contributed by atoms with E-state index in [-0.39, 0.29) is 17.9 Å². The molecule has 2 rings (SSSR count). The fourth-order valence-corrected chi connectivity index (χ4v) is 3.18. The zero-order chi connectivity index (χ0) is 16.1. The lowest BCUT2D eigenvalue weighted by Crippen LogP contribution is -2.46. The van der Waals surface area contributed by atoms with Crippen molar-refractivity contribution in [2.75, 3.05) is 6.54 Å². The lowest BCUT2D eigenvalue weighted by atomic mass is 9.86. The van der Waals surface area contributed by atoms with E-state index in [1.54, 1.807) is 6.92 Å². The average molecular weight is 302 g/mol. The largest absolute Gasteiger partial charge is 0.351 e. The second-order valence-electron chi connectivity index (χ2n) is 6.45. The van der Waals surface area contributed by atoms with Crippen molar-refractivity contribution in [1.29, 1.82) is 0 Å². The molecule has 0 aromatic heterocycles. The molecule has 22 heavy (non-hydrogen) atoms. The first-order valence-electron chi connectivity index (χ1n) is 8.13. The van der Waals surface area contributed by atoms with E-state index in [1.165, 1.54) is 12.8 Å². The van der Waals surface area contributed by atoms with Gasteiger partial charge in [0.25, 0.3) is 0 Å². The van der Waals surface area contributed by atoms with Crippen molar-refractivity contribution in [3.05, 3.63) is 35.4 Å². The van der Waals surface area contributed by atoms with Gasteiger partial charge < -0.3 is 10.6 Å². The molecule has 1 aromatic rings. The summed E-state index contributed by atoms with van der Waals surface area (Å²) in [5.74, 6) is 0.826. The van der Waals surface area contributed by atoms with Crippen LogP contribution in [0.2, 0.25) is 0 Å². The molecule has 0 bridgehead atoms. The lowest BCUT2D eigenvalue weighted by molar-refractivity contribution is 0.101. The van der Waals surface area contributed by atoms with Gasteiger partial charge in [-0.3, -0.25) is 4.79 Å². The Balaban J connectivity index is 1.94. The minimum atomic E-state index is -0.320. The summed E-state index contributed by atoms with van der Waals surface area (Å²) in [4.78, 5) is 24.8. The van der Waals surface area contributed by atoms with Gasteiger partial charge in [0.15, 0.2) is 5.78 Å². The van der Waals surface area contributed by atoms with Crippen molar-refractivity contribution in [3.63, 3.8) is 0 Å². The molecule has 1 fully saturated rings. The third-order valence-corrected chi connectivity index (χ3v) is 4.71. The SMILES string of the molecule is CC(=O)c1ccc(CCN(C(N)=O)C2CCC(C)CC2)cc1. The van der Waals surface area contributed by atoms with E-state index in [2.05, 4.69) is 6.92 Å². The molecule has 0 atom stereocenters. The topological polar surface area (TPSA) is 63.4 Å². The minimum Gasteiger partial charge on any atom is -0.351 e. The second-order valence-corrected chi connectivity index (χ2v) is 6.45. The van der Waals surface area contributed by atoms with Gasteiger partial charge in [0.2, 0.25) is 0 Å². The first-order chi connectivity index (χ1) is 10.5. The van der Waals surface area contributed by atoms with E-state index >= 15 is 0 Å². The van der Waals surface area contributed by atoms with Gasteiger partial charge in [-0.05, 0) is 50.5 Å². The van der Waals surface area contributed by atoms with Crippen molar-refractivity contribution in [2.24, 2.45) is 11.7 Å². The molecule has 1 aliphatic carbocycles. The summed E-state index contributed by atoms with van der Waals surface area (Å²) in [5.41, 5.74) is 7.42. The van der Waals surface area contributed by atoms with Gasteiger partial charge in [-0.1, -0.05) is 31.2 Å². The molecule has 1 aromatic carbocycles. The highest BCUT2D eigenvalue weighted by atomic mass is 16.2. The van der Waals surface area contributed by atoms with Crippen LogP contribution in [0.15, 0.2) is 24.3 Å². The average Bonchev–Trinajstić information content (AvgIpc) is 2.49. The Bertz CT molecular complexity index is 516. The number of carbonyl (C=O) groups excluding carboxylic acids is 2. The first kappa shape index (κ1) is 16.5. The lowest BCUT2D eigenvalue weighted by Gasteiger charge is -2.35. The van der Waals surface area contributed by atoms with E-state index in [9.17, 15) is 9.59 Å². The molecule has 120 valence electrons. The molecule has 0 radical (unpaired) electrons. The summed E-state index contributed by atoms with van der Waals surface area (Å²) in [5, 5.41) is 0. The quantitative estimate of drug-likeness (QED) is 0.847. The Labute approximate surface area is 132 Å². The Morgan fingerprint density at radius 2 is 1.73 bits per heavy atom. The molecule has 2 N–H and O–H groups in total. The Morgan fingerprint density at radius 3 is 2.23 bits per heavy atom. The first-order valence-corrected chi connectivity index (χ1v) is 8.13. The van der Waals surface area contributed by atoms with Crippen LogP contribution in [0.4, 0.5) is 4.79 Å². The van der Waals surface area contributed by atoms with Crippen LogP contribution in [-0.4, -0.2) is 29.3 Å². The maximum Gasteiger partial charge on any atom is 0.315 e. The molecule has 2 amide bonds. The van der Waals surface area contributed by atoms with Crippen molar-refractivity contribution in [2.45, 2.75) is 52.0 Å². The standard InChI is InChI=1S/C18H26N2O2/c1-13-3-9-17(10-4-13)20(18(19)22)12-11-15-5-7-16(8-6-15)14(2)21/h5-8,13,17H,3-4,9-12H2,1-2H3,(H2,19,22). The summed E-state index contributed by atoms with van der Waals surface area (Å²) < 4.78 is 0. The number of Topliss-reactive ketones (excluding diaryl/α,β-unsaturated/α-hetero) is 1. The summed E-state index contributed by atoms with van der Waals surface area (Å²) in [7, 11) is 0. The molecule has 4 nitrogen and oxygen atoms in total. The molecular weight excluding hydrogens is 276 g/mol. The van der Waals surface area contributed by atoms with E-state index in [0.717, 1.165) is 36.3 Å². The second kappa shape index (κ2) is 7.43. The van der Waals surface area contributed by atoms with Gasteiger partial charge in [-0.2, -0.15) is 0 Å². The summed E-state index contributed by atoms with van der Waals surface area (Å²) in [6.07, 6.45) is 5.21. The molecule has 1 saturated carbocycles. The van der Waals surface area contributed by atoms with E-state index in [4.69, 9.17) is 5.73 Å². The zero-order valence-corrected chi connectivity index (χ0v) is 13.5. The van der Waals surface area contributed by atoms with Crippen LogP contribution < -0.4 is 5.73 Å². The summed E-state index contributed by atoms with van der Waals surface area (Å²) in [6.45, 7) is 4.48. The number of carbonyl (C=O) groups is 2. The molecule has 0 heterocycles. The molecular formula is C18H26N2O2. The van der Waals surface area contributed by atoms with Crippen molar-refractivity contribution in [1.82, 2.24) is 4.90 Å². The highest BCUT2D eigenvalue weighted by Crippen LogP contribution is 2.27. The molecule has 0 saturated heterocycles. The van der Waals surface area contributed by atoms with Crippen molar-refractivity contribution >= 4 is 11.8 Å². The maximum absolute atomic E-state index is 11.7. The predicted molar refractivity (Wildman–Crippen MR) is 87.9 cm³/mol. The van der Waals surface area contributed by atoms with E-state index in [0.29, 0.717) is 6.54 Å². The van der Waals surface area contributed by atoms with Gasteiger partial charge in [-0.25, -0.2) is 4.79 Å². The predicted octanol–water partition coefficient (Wildman–Crippen LogP) is 3.39. The van der Waals surface area contributed by atoms with Crippen LogP contribution in [0.3, 0.4) is 0 Å². The number of benzene rings is 1. The third-order valence-electron chi connectivity index (χ3n) is 4.71. The number of ketones is 1. The van der Waals surface area contributed by atoms with Crippen LogP contribution in [0.5, 0.6) is 0 Å². The highest BCUT2D eigenvalue weighted by molar-refractivity contribution is 5.94. The van der Waals surface area contributed by atoms with Crippen LogP contribution >= 0.6 is 0 Å². The van der Waals surface area contributed by atoms with E-state index in [1.807, 2.05) is 29.2 Å². The molecule has 0 unspecified atom stereocenters. The molecule has 1 aliphatic rings. The fraction of sp³-hybridized carbons (Fsp3) is 0.556. The van der Waals surface area contributed by atoms with Crippen molar-refractivity contribution < 1.29 is 9.59 Å². The number of primary amides is 1. The molecule has 0 aliphatic heterocycles. The van der Waals surface area contributed by atoms with Gasteiger partial charge in [0, 0.05) is 18.2 Å². The number of nitrogens with two attached hydrogens (primary N) is 1. The van der Waals surface area contributed by atoms with Crippen LogP contribution in [0.1, 0.15) is 55.5 Å². The number of amides is 2. The number of urea groups is 1. The van der Waals surface area contributed by atoms with Crippen LogP contribution in [0, 0.1) is 5.92 Å². The van der Waals surface area contributed by atoms with Crippen LogP contribution in [0.25, 0.3) is 0 Å². The molecule has 4 heteroatoms. The smallest absolute Gasteiger partial charge is 0.315 e.